The molecule has 4 fully saturated rings. The highest BCUT2D eigenvalue weighted by Gasteiger charge is 2.47. The number of imide groups is 2. The lowest BCUT2D eigenvalue weighted by atomic mass is 9.57. The smallest absolute Gasteiger partial charge is 0.403 e. The van der Waals surface area contributed by atoms with Crippen molar-refractivity contribution >= 4 is 51.8 Å². The number of aromatic nitrogens is 3. The van der Waals surface area contributed by atoms with Crippen LogP contribution in [-0.2, 0) is 15.8 Å². The van der Waals surface area contributed by atoms with E-state index in [2.05, 4.69) is 35.7 Å². The van der Waals surface area contributed by atoms with Crippen molar-refractivity contribution in [2.45, 2.75) is 95.3 Å². The number of nitrogens with zero attached hydrogens (tertiary/aromatic N) is 5. The molecule has 4 aromatic rings. The van der Waals surface area contributed by atoms with Crippen LogP contribution in [0.2, 0.25) is 0 Å². The van der Waals surface area contributed by atoms with E-state index in [1.807, 2.05) is 0 Å². The minimum atomic E-state index is -5.12. The van der Waals surface area contributed by atoms with Crippen LogP contribution in [-0.4, -0.2) is 92.7 Å². The molecule has 1 atom stereocenters. The molecule has 9 rings (SSSR count). The van der Waals surface area contributed by atoms with Gasteiger partial charge in [-0.3, -0.25) is 38.9 Å². The number of rotatable bonds is 11. The molecule has 5 aliphatic rings. The first-order valence-electron chi connectivity index (χ1n) is 21.9. The van der Waals surface area contributed by atoms with Gasteiger partial charge in [-0.25, -0.2) is 4.98 Å². The lowest BCUT2D eigenvalue weighted by Crippen LogP contribution is -2.54. The molecule has 2 aromatic heterocycles. The fourth-order valence-corrected chi connectivity index (χ4v) is 10.5. The second-order valence-electron chi connectivity index (χ2n) is 18.1. The number of halogens is 6. The highest BCUT2D eigenvalue weighted by atomic mass is 19.4. The second-order valence-corrected chi connectivity index (χ2v) is 18.1. The van der Waals surface area contributed by atoms with Gasteiger partial charge < -0.3 is 20.3 Å². The molecule has 2 saturated carbocycles. The van der Waals surface area contributed by atoms with E-state index in [1.165, 1.54) is 6.07 Å². The van der Waals surface area contributed by atoms with Gasteiger partial charge in [0.15, 0.2) is 5.75 Å². The summed E-state index contributed by atoms with van der Waals surface area (Å²) in [6.07, 6.45) is 0.900. The zero-order valence-electron chi connectivity index (χ0n) is 35.1. The normalized spacial score (nSPS) is 22.8. The summed E-state index contributed by atoms with van der Waals surface area (Å²) in [5.41, 5.74) is -0.735. The van der Waals surface area contributed by atoms with E-state index in [0.717, 1.165) is 101 Å². The highest BCUT2D eigenvalue weighted by Crippen LogP contribution is 2.54. The van der Waals surface area contributed by atoms with Gasteiger partial charge in [0, 0.05) is 42.8 Å². The van der Waals surface area contributed by atoms with E-state index in [0.29, 0.717) is 40.9 Å². The van der Waals surface area contributed by atoms with Crippen LogP contribution in [0.25, 0.3) is 10.9 Å². The van der Waals surface area contributed by atoms with Crippen LogP contribution >= 0.6 is 0 Å². The summed E-state index contributed by atoms with van der Waals surface area (Å²) in [5.74, 6) is -2.98. The number of alkyl halides is 6. The maximum absolute atomic E-state index is 13.4. The van der Waals surface area contributed by atoms with Gasteiger partial charge in [-0.05, 0) is 125 Å². The van der Waals surface area contributed by atoms with Gasteiger partial charge in [0.1, 0.15) is 17.4 Å². The highest BCUT2D eigenvalue weighted by molar-refractivity contribution is 6.25. The van der Waals surface area contributed by atoms with Gasteiger partial charge in [-0.15, -0.1) is 13.2 Å². The molecule has 1 unspecified atom stereocenters. The van der Waals surface area contributed by atoms with Crippen molar-refractivity contribution in [1.29, 1.82) is 0 Å². The molecule has 0 radical (unpaired) electrons. The third-order valence-electron chi connectivity index (χ3n) is 13.8. The zero-order chi connectivity index (χ0) is 45.8. The Morgan fingerprint density at radius 1 is 0.877 bits per heavy atom. The lowest BCUT2D eigenvalue weighted by molar-refractivity contribution is -0.274. The van der Waals surface area contributed by atoms with Gasteiger partial charge in [-0.2, -0.15) is 18.3 Å². The van der Waals surface area contributed by atoms with Gasteiger partial charge in [0.2, 0.25) is 11.8 Å². The van der Waals surface area contributed by atoms with Crippen molar-refractivity contribution in [3.05, 3.63) is 77.2 Å². The van der Waals surface area contributed by atoms with Crippen LogP contribution in [0.1, 0.15) is 114 Å². The summed E-state index contributed by atoms with van der Waals surface area (Å²) >= 11 is 0. The molecule has 20 heteroatoms. The van der Waals surface area contributed by atoms with Gasteiger partial charge in [0.25, 0.3) is 17.7 Å². The Labute approximate surface area is 368 Å². The molecule has 2 saturated heterocycles. The first-order valence-corrected chi connectivity index (χ1v) is 21.9. The standard InChI is InChI=1S/C45H46F6N8O6/c46-44(47,48)36-6-2-5-31(53-36)39(61)54-33-19-27-24-58(56-32(27)20-35(33)65-45(49,50)51)28-9-7-25(8-10-28)23-57-17-14-43(15-18-57)21-26(22-43)13-16-52-30-4-1-3-29-38(30)42(64)59(41(29)63)34-11-12-37(60)55-40(34)62/h1-6,19-20,24-26,28,34,52H,7-18,21-23H2,(H,54,61)(H,55,60,62). The Balaban J connectivity index is 0.734. The van der Waals surface area contributed by atoms with E-state index in [9.17, 15) is 50.3 Å². The van der Waals surface area contributed by atoms with Crippen molar-refractivity contribution in [3.8, 4) is 5.75 Å². The minimum Gasteiger partial charge on any atom is -0.403 e. The number of fused-ring (bicyclic) bond motifs is 2. The number of benzene rings is 2. The molecule has 65 heavy (non-hydrogen) atoms. The van der Waals surface area contributed by atoms with Gasteiger partial charge >= 0.3 is 12.5 Å². The SMILES string of the molecule is O=C1CCC(N2C(=O)c3cccc(NCCC4CC5(CCN(CC6CCC(n7cc8cc(NC(=O)c9cccc(C(F)(F)F)n9)c(OC(F)(F)F)cc8n7)CC6)CC5)C4)c3C2=O)C(=O)N1. The summed E-state index contributed by atoms with van der Waals surface area (Å²) in [6, 6.07) is 9.05. The van der Waals surface area contributed by atoms with E-state index < -0.39 is 70.9 Å². The Hall–Kier alpha value is -6.05. The topological polar surface area (TPSA) is 168 Å². The summed E-state index contributed by atoms with van der Waals surface area (Å²) in [6.45, 7) is 3.67. The summed E-state index contributed by atoms with van der Waals surface area (Å²) in [4.78, 5) is 70.5. The number of amides is 5. The molecular formula is C45H46F6N8O6. The third-order valence-corrected chi connectivity index (χ3v) is 13.8. The fraction of sp³-hybridized carbons (Fsp3) is 0.489. The molecule has 5 amide bonds. The van der Waals surface area contributed by atoms with Crippen molar-refractivity contribution in [2.75, 3.05) is 36.8 Å². The monoisotopic (exact) mass is 908 g/mol. The summed E-state index contributed by atoms with van der Waals surface area (Å²) < 4.78 is 85.7. The summed E-state index contributed by atoms with van der Waals surface area (Å²) in [7, 11) is 0. The zero-order valence-corrected chi connectivity index (χ0v) is 35.1. The molecular weight excluding hydrogens is 863 g/mol. The van der Waals surface area contributed by atoms with E-state index in [1.54, 1.807) is 29.1 Å². The number of ether oxygens (including phenoxy) is 1. The molecule has 0 bridgehead atoms. The maximum Gasteiger partial charge on any atom is 0.573 e. The van der Waals surface area contributed by atoms with Gasteiger partial charge in [0.05, 0.1) is 28.4 Å². The molecule has 3 aliphatic heterocycles. The van der Waals surface area contributed by atoms with Gasteiger partial charge in [-0.1, -0.05) is 12.1 Å². The number of carbonyl (C=O) groups is 5. The maximum atomic E-state index is 13.4. The lowest BCUT2D eigenvalue weighted by Gasteiger charge is -2.53. The average molecular weight is 909 g/mol. The quantitative estimate of drug-likeness (QED) is 0.100. The van der Waals surface area contributed by atoms with Crippen LogP contribution < -0.4 is 20.7 Å². The van der Waals surface area contributed by atoms with Crippen LogP contribution in [0.4, 0.5) is 37.7 Å². The van der Waals surface area contributed by atoms with Crippen molar-refractivity contribution in [3.63, 3.8) is 0 Å². The molecule has 3 N–H and O–H groups in total. The van der Waals surface area contributed by atoms with Crippen molar-refractivity contribution < 1.29 is 55.1 Å². The molecule has 2 aliphatic carbocycles. The Bertz CT molecular complexity index is 2540. The van der Waals surface area contributed by atoms with Crippen molar-refractivity contribution in [1.82, 2.24) is 29.9 Å². The Morgan fingerprint density at radius 2 is 1.62 bits per heavy atom. The molecule has 1 spiro atoms. The largest absolute Gasteiger partial charge is 0.573 e. The van der Waals surface area contributed by atoms with E-state index in [-0.39, 0.29) is 35.5 Å². The van der Waals surface area contributed by atoms with Crippen LogP contribution in [0, 0.1) is 17.3 Å². The first kappa shape index (κ1) is 44.2. The number of hydrogen-bond donors (Lipinski definition) is 3. The average Bonchev–Trinajstić information content (AvgIpc) is 3.77. The number of anilines is 2. The molecule has 14 nitrogen and oxygen atoms in total. The van der Waals surface area contributed by atoms with Crippen molar-refractivity contribution in [2.24, 2.45) is 17.3 Å². The number of carbonyl (C=O) groups excluding carboxylic acids is 5. The van der Waals surface area contributed by atoms with Crippen LogP contribution in [0.15, 0.2) is 54.7 Å². The molecule has 2 aromatic carbocycles. The number of pyridine rings is 1. The Morgan fingerprint density at radius 3 is 2.32 bits per heavy atom. The van der Waals surface area contributed by atoms with Crippen LogP contribution in [0.3, 0.4) is 0 Å². The number of hydrogen-bond acceptors (Lipinski definition) is 10. The van der Waals surface area contributed by atoms with Crippen LogP contribution in [0.5, 0.6) is 5.75 Å². The predicted octanol–water partition coefficient (Wildman–Crippen LogP) is 7.73. The Kier molecular flexibility index (Phi) is 11.6. The first-order chi connectivity index (χ1) is 30.9. The second kappa shape index (κ2) is 17.1. The number of likely N-dealkylation sites (tertiary alicyclic amines) is 1. The minimum absolute atomic E-state index is 0.00215. The fourth-order valence-electron chi connectivity index (χ4n) is 10.5. The number of piperidine rings is 2. The predicted molar refractivity (Wildman–Crippen MR) is 222 cm³/mol. The molecule has 344 valence electrons. The number of nitrogens with one attached hydrogen (secondary N) is 3. The summed E-state index contributed by atoms with van der Waals surface area (Å²) in [5, 5.41) is 12.8. The third kappa shape index (κ3) is 9.26. The van der Waals surface area contributed by atoms with E-state index >= 15 is 0 Å². The molecule has 5 heterocycles. The van der Waals surface area contributed by atoms with E-state index in [4.69, 9.17) is 0 Å².